The molecule has 0 aliphatic rings. The average Bonchev–Trinajstić information content (AvgIpc) is 2.13. The summed E-state index contributed by atoms with van der Waals surface area (Å²) in [5, 5.41) is 0. The molecule has 0 amide bonds. The van der Waals surface area contributed by atoms with Crippen LogP contribution in [-0.4, -0.2) is 18.4 Å². The van der Waals surface area contributed by atoms with E-state index in [1.165, 1.54) is 6.92 Å². The van der Waals surface area contributed by atoms with Gasteiger partial charge in [-0.2, -0.15) is 0 Å². The van der Waals surface area contributed by atoms with Crippen LogP contribution < -0.4 is 0 Å². The van der Waals surface area contributed by atoms with E-state index in [0.29, 0.717) is 6.61 Å². The van der Waals surface area contributed by atoms with E-state index in [0.717, 1.165) is 18.4 Å². The minimum Gasteiger partial charge on any atom is -0.462 e. The molecule has 1 atom stereocenters. The average molecular weight is 212 g/mol. The SMILES string of the molecule is CC(=O)OC/C=C(\C)CCC(C)C(C)=O. The van der Waals surface area contributed by atoms with Crippen LogP contribution in [0.5, 0.6) is 0 Å². The molecule has 0 saturated heterocycles. The van der Waals surface area contributed by atoms with Crippen molar-refractivity contribution in [3.63, 3.8) is 0 Å². The zero-order chi connectivity index (χ0) is 11.8. The summed E-state index contributed by atoms with van der Waals surface area (Å²) >= 11 is 0. The Hall–Kier alpha value is -1.12. The Balaban J connectivity index is 3.77. The molecule has 0 bridgehead atoms. The van der Waals surface area contributed by atoms with Gasteiger partial charge in [0, 0.05) is 12.8 Å². The van der Waals surface area contributed by atoms with Crippen molar-refractivity contribution in [2.45, 2.75) is 40.5 Å². The lowest BCUT2D eigenvalue weighted by Gasteiger charge is -2.07. The van der Waals surface area contributed by atoms with Crippen molar-refractivity contribution in [1.29, 1.82) is 0 Å². The number of ether oxygens (including phenoxy) is 1. The number of rotatable bonds is 6. The first-order valence-corrected chi connectivity index (χ1v) is 5.23. The van der Waals surface area contributed by atoms with Crippen molar-refractivity contribution in [3.05, 3.63) is 11.6 Å². The van der Waals surface area contributed by atoms with Gasteiger partial charge in [0.15, 0.2) is 0 Å². The van der Waals surface area contributed by atoms with E-state index in [4.69, 9.17) is 4.74 Å². The second kappa shape index (κ2) is 7.21. The number of esters is 1. The largest absolute Gasteiger partial charge is 0.462 e. The first-order valence-electron chi connectivity index (χ1n) is 5.23. The van der Waals surface area contributed by atoms with Crippen molar-refractivity contribution >= 4 is 11.8 Å². The second-order valence-corrected chi connectivity index (χ2v) is 3.90. The predicted molar refractivity (Wildman–Crippen MR) is 59.5 cm³/mol. The fourth-order valence-corrected chi connectivity index (χ4v) is 1.05. The summed E-state index contributed by atoms with van der Waals surface area (Å²) < 4.78 is 4.78. The van der Waals surface area contributed by atoms with Gasteiger partial charge in [-0.05, 0) is 32.8 Å². The number of allylic oxidation sites excluding steroid dienone is 1. The van der Waals surface area contributed by atoms with Crippen molar-refractivity contribution in [1.82, 2.24) is 0 Å². The Bertz CT molecular complexity index is 254. The molecule has 0 fully saturated rings. The number of carbonyl (C=O) groups excluding carboxylic acids is 2. The molecule has 0 N–H and O–H groups in total. The lowest BCUT2D eigenvalue weighted by Crippen LogP contribution is -2.06. The smallest absolute Gasteiger partial charge is 0.302 e. The third-order valence-corrected chi connectivity index (χ3v) is 2.38. The molecule has 0 radical (unpaired) electrons. The van der Waals surface area contributed by atoms with Crippen LogP contribution >= 0.6 is 0 Å². The van der Waals surface area contributed by atoms with E-state index in [9.17, 15) is 9.59 Å². The van der Waals surface area contributed by atoms with Gasteiger partial charge in [0.05, 0.1) is 0 Å². The van der Waals surface area contributed by atoms with E-state index in [1.54, 1.807) is 6.92 Å². The highest BCUT2D eigenvalue weighted by atomic mass is 16.5. The monoisotopic (exact) mass is 212 g/mol. The zero-order valence-electron chi connectivity index (χ0n) is 10.0. The van der Waals surface area contributed by atoms with Crippen molar-refractivity contribution in [3.8, 4) is 0 Å². The van der Waals surface area contributed by atoms with E-state index in [1.807, 2.05) is 19.9 Å². The van der Waals surface area contributed by atoms with Gasteiger partial charge in [-0.3, -0.25) is 9.59 Å². The molecule has 3 nitrogen and oxygen atoms in total. The number of carbonyl (C=O) groups is 2. The molecule has 15 heavy (non-hydrogen) atoms. The summed E-state index contributed by atoms with van der Waals surface area (Å²) in [6.07, 6.45) is 3.62. The van der Waals surface area contributed by atoms with E-state index in [2.05, 4.69) is 0 Å². The highest BCUT2D eigenvalue weighted by Crippen LogP contribution is 2.12. The number of Topliss-reactive ketones (excluding diaryl/α,β-unsaturated/α-hetero) is 1. The standard InChI is InChI=1S/C12H20O3/c1-9(7-8-15-12(4)14)5-6-10(2)11(3)13/h7,10H,5-6,8H2,1-4H3/b9-7+. The van der Waals surface area contributed by atoms with Crippen molar-refractivity contribution in [2.75, 3.05) is 6.61 Å². The quantitative estimate of drug-likeness (QED) is 0.502. The number of hydrogen-bond donors (Lipinski definition) is 0. The molecule has 0 aliphatic heterocycles. The maximum atomic E-state index is 11.0. The Morgan fingerprint density at radius 1 is 1.27 bits per heavy atom. The van der Waals surface area contributed by atoms with Crippen LogP contribution in [0.25, 0.3) is 0 Å². The molecule has 0 aliphatic carbocycles. The summed E-state index contributed by atoms with van der Waals surface area (Å²) in [6.45, 7) is 7.25. The van der Waals surface area contributed by atoms with Gasteiger partial charge >= 0.3 is 5.97 Å². The molecule has 86 valence electrons. The zero-order valence-corrected chi connectivity index (χ0v) is 10.0. The van der Waals surface area contributed by atoms with Crippen LogP contribution in [0.3, 0.4) is 0 Å². The summed E-state index contributed by atoms with van der Waals surface area (Å²) in [5.41, 5.74) is 1.16. The molecule has 0 aromatic rings. The molecule has 0 spiro atoms. The third-order valence-electron chi connectivity index (χ3n) is 2.38. The molecule has 0 saturated carbocycles. The number of ketones is 1. The Morgan fingerprint density at radius 2 is 1.87 bits per heavy atom. The predicted octanol–water partition coefficient (Wildman–Crippen LogP) is 2.50. The van der Waals surface area contributed by atoms with Gasteiger partial charge in [0.25, 0.3) is 0 Å². The molecule has 3 heteroatoms. The first kappa shape index (κ1) is 13.9. The molecule has 0 aromatic heterocycles. The fourth-order valence-electron chi connectivity index (χ4n) is 1.05. The van der Waals surface area contributed by atoms with Crippen molar-refractivity contribution in [2.24, 2.45) is 5.92 Å². The molecule has 0 rings (SSSR count). The van der Waals surface area contributed by atoms with Crippen molar-refractivity contribution < 1.29 is 14.3 Å². The maximum absolute atomic E-state index is 11.0. The summed E-state index contributed by atoms with van der Waals surface area (Å²) in [7, 11) is 0. The minimum atomic E-state index is -0.267. The van der Waals surface area contributed by atoms with Gasteiger partial charge in [-0.1, -0.05) is 12.5 Å². The van der Waals surface area contributed by atoms with Gasteiger partial charge in [0.1, 0.15) is 12.4 Å². The van der Waals surface area contributed by atoms with Crippen LogP contribution in [0.1, 0.15) is 40.5 Å². The molecule has 1 unspecified atom stereocenters. The summed E-state index contributed by atoms with van der Waals surface area (Å²) in [6, 6.07) is 0. The van der Waals surface area contributed by atoms with Crippen LogP contribution in [0.15, 0.2) is 11.6 Å². The first-order chi connectivity index (χ1) is 6.93. The molecular formula is C12H20O3. The second-order valence-electron chi connectivity index (χ2n) is 3.90. The lowest BCUT2D eigenvalue weighted by atomic mass is 9.99. The van der Waals surface area contributed by atoms with Gasteiger partial charge in [0.2, 0.25) is 0 Å². The Labute approximate surface area is 91.5 Å². The van der Waals surface area contributed by atoms with Crippen LogP contribution in [-0.2, 0) is 14.3 Å². The van der Waals surface area contributed by atoms with E-state index < -0.39 is 0 Å². The Kier molecular flexibility index (Phi) is 6.67. The fraction of sp³-hybridized carbons (Fsp3) is 0.667. The maximum Gasteiger partial charge on any atom is 0.302 e. The van der Waals surface area contributed by atoms with E-state index >= 15 is 0 Å². The van der Waals surface area contributed by atoms with Gasteiger partial charge in [-0.25, -0.2) is 0 Å². The molecule has 0 aromatic carbocycles. The molecule has 0 heterocycles. The summed E-state index contributed by atoms with van der Waals surface area (Å²) in [4.78, 5) is 21.5. The number of hydrogen-bond acceptors (Lipinski definition) is 3. The summed E-state index contributed by atoms with van der Waals surface area (Å²) in [5.74, 6) is 0.0704. The van der Waals surface area contributed by atoms with Crippen LogP contribution in [0.4, 0.5) is 0 Å². The van der Waals surface area contributed by atoms with Gasteiger partial charge in [-0.15, -0.1) is 0 Å². The highest BCUT2D eigenvalue weighted by molar-refractivity contribution is 5.77. The normalized spacial score (nSPS) is 13.5. The van der Waals surface area contributed by atoms with E-state index in [-0.39, 0.29) is 17.7 Å². The Morgan fingerprint density at radius 3 is 2.33 bits per heavy atom. The molecular weight excluding hydrogens is 192 g/mol. The lowest BCUT2D eigenvalue weighted by molar-refractivity contribution is -0.139. The van der Waals surface area contributed by atoms with Gasteiger partial charge < -0.3 is 4.74 Å². The topological polar surface area (TPSA) is 43.4 Å². The van der Waals surface area contributed by atoms with Crippen LogP contribution in [0, 0.1) is 5.92 Å². The highest BCUT2D eigenvalue weighted by Gasteiger charge is 2.06. The van der Waals surface area contributed by atoms with Crippen LogP contribution in [0.2, 0.25) is 0 Å². The third kappa shape index (κ3) is 7.91. The minimum absolute atomic E-state index is 0.113.